The van der Waals surface area contributed by atoms with Gasteiger partial charge in [-0.3, -0.25) is 0 Å². The second-order valence-corrected chi connectivity index (χ2v) is 6.77. The molecule has 2 heteroatoms. The maximum absolute atomic E-state index is 6.05. The van der Waals surface area contributed by atoms with Gasteiger partial charge in [0.2, 0.25) is 0 Å². The van der Waals surface area contributed by atoms with Gasteiger partial charge in [0.25, 0.3) is 0 Å². The minimum Gasteiger partial charge on any atom is -0.374 e. The van der Waals surface area contributed by atoms with Crippen molar-refractivity contribution in [2.24, 2.45) is 10.8 Å². The van der Waals surface area contributed by atoms with E-state index in [9.17, 15) is 0 Å². The van der Waals surface area contributed by atoms with Crippen LogP contribution in [0.2, 0.25) is 0 Å². The van der Waals surface area contributed by atoms with Crippen LogP contribution in [0.4, 0.5) is 0 Å². The molecule has 0 aromatic carbocycles. The summed E-state index contributed by atoms with van der Waals surface area (Å²) in [5.41, 5.74) is 0.218. The lowest BCUT2D eigenvalue weighted by Gasteiger charge is -2.63. The first-order valence-corrected chi connectivity index (χ1v) is 6.41. The molecule has 96 valence electrons. The third-order valence-electron chi connectivity index (χ3n) is 3.52. The predicted molar refractivity (Wildman–Crippen MR) is 67.6 cm³/mol. The predicted octanol–water partition coefficient (Wildman–Crippen LogP) is 3.64. The van der Waals surface area contributed by atoms with Gasteiger partial charge in [0, 0.05) is 10.8 Å². The van der Waals surface area contributed by atoms with Gasteiger partial charge in [-0.1, -0.05) is 27.7 Å². The highest BCUT2D eigenvalue weighted by Crippen LogP contribution is 2.57. The quantitative estimate of drug-likeness (QED) is 0.731. The van der Waals surface area contributed by atoms with Crippen molar-refractivity contribution in [1.82, 2.24) is 0 Å². The minimum absolute atomic E-state index is 0.109. The molecule has 0 aromatic heterocycles. The van der Waals surface area contributed by atoms with E-state index in [2.05, 4.69) is 55.4 Å². The number of ether oxygens (including phenoxy) is 2. The zero-order valence-corrected chi connectivity index (χ0v) is 12.1. The Morgan fingerprint density at radius 1 is 0.688 bits per heavy atom. The first-order chi connectivity index (χ1) is 7.10. The summed E-state index contributed by atoms with van der Waals surface area (Å²) < 4.78 is 12.1. The van der Waals surface area contributed by atoms with Gasteiger partial charge in [0.1, 0.15) is 0 Å². The topological polar surface area (TPSA) is 18.5 Å². The summed E-state index contributed by atoms with van der Waals surface area (Å²) in [6, 6.07) is 0. The Hall–Kier alpha value is -0.0800. The first-order valence-electron chi connectivity index (χ1n) is 6.41. The second kappa shape index (κ2) is 4.30. The van der Waals surface area contributed by atoms with Crippen LogP contribution in [0.15, 0.2) is 0 Å². The molecule has 0 spiro atoms. The Morgan fingerprint density at radius 3 is 1.12 bits per heavy atom. The normalized spacial score (nSPS) is 31.9. The summed E-state index contributed by atoms with van der Waals surface area (Å²) >= 11 is 0. The lowest BCUT2D eigenvalue weighted by molar-refractivity contribution is -0.298. The van der Waals surface area contributed by atoms with Crippen molar-refractivity contribution in [3.8, 4) is 0 Å². The molecule has 1 aliphatic carbocycles. The molecular formula is C14H28O2. The van der Waals surface area contributed by atoms with Gasteiger partial charge in [-0.05, 0) is 27.7 Å². The Kier molecular flexibility index (Phi) is 3.76. The van der Waals surface area contributed by atoms with E-state index in [1.807, 2.05) is 0 Å². The van der Waals surface area contributed by atoms with E-state index in [0.717, 1.165) is 0 Å². The van der Waals surface area contributed by atoms with Crippen LogP contribution < -0.4 is 0 Å². The molecule has 1 fully saturated rings. The van der Waals surface area contributed by atoms with Gasteiger partial charge < -0.3 is 9.47 Å². The molecule has 0 aliphatic heterocycles. The van der Waals surface area contributed by atoms with E-state index in [0.29, 0.717) is 0 Å². The van der Waals surface area contributed by atoms with Crippen molar-refractivity contribution in [1.29, 1.82) is 0 Å². The molecule has 1 aliphatic rings. The summed E-state index contributed by atoms with van der Waals surface area (Å²) in [4.78, 5) is 0. The number of rotatable bonds is 4. The van der Waals surface area contributed by atoms with Gasteiger partial charge in [-0.15, -0.1) is 0 Å². The van der Waals surface area contributed by atoms with Gasteiger partial charge in [-0.2, -0.15) is 0 Å². The molecule has 0 heterocycles. The minimum atomic E-state index is 0.109. The highest BCUT2D eigenvalue weighted by atomic mass is 16.5. The fraction of sp³-hybridized carbons (Fsp3) is 1.00. The Labute approximate surface area is 101 Å². The third-order valence-corrected chi connectivity index (χ3v) is 3.52. The Balaban J connectivity index is 2.77. The molecule has 0 radical (unpaired) electrons. The second-order valence-electron chi connectivity index (χ2n) is 6.77. The average molecular weight is 228 g/mol. The fourth-order valence-electron chi connectivity index (χ4n) is 3.34. The van der Waals surface area contributed by atoms with Crippen molar-refractivity contribution in [3.05, 3.63) is 0 Å². The summed E-state index contributed by atoms with van der Waals surface area (Å²) in [5, 5.41) is 0. The summed E-state index contributed by atoms with van der Waals surface area (Å²) in [6.45, 7) is 17.4. The number of hydrogen-bond donors (Lipinski definition) is 0. The van der Waals surface area contributed by atoms with Crippen molar-refractivity contribution < 1.29 is 9.47 Å². The molecule has 1 rings (SSSR count). The third kappa shape index (κ3) is 2.28. The molecule has 0 aromatic rings. The number of hydrogen-bond acceptors (Lipinski definition) is 2. The molecule has 0 N–H and O–H groups in total. The highest BCUT2D eigenvalue weighted by Gasteiger charge is 2.63. The molecule has 0 saturated heterocycles. The summed E-state index contributed by atoms with van der Waals surface area (Å²) in [6.07, 6.45) is 1.12. The van der Waals surface area contributed by atoms with E-state index in [1.165, 1.54) is 0 Å². The molecule has 16 heavy (non-hydrogen) atoms. The van der Waals surface area contributed by atoms with Crippen molar-refractivity contribution in [3.63, 3.8) is 0 Å². The zero-order chi connectivity index (χ0) is 12.7. The Bertz CT molecular complexity index is 203. The average Bonchev–Trinajstić information content (AvgIpc) is 2.09. The summed E-state index contributed by atoms with van der Waals surface area (Å²) in [5.74, 6) is 0. The molecule has 0 unspecified atom stereocenters. The van der Waals surface area contributed by atoms with Crippen molar-refractivity contribution >= 4 is 0 Å². The van der Waals surface area contributed by atoms with Crippen LogP contribution in [0.5, 0.6) is 0 Å². The highest BCUT2D eigenvalue weighted by molar-refractivity contribution is 5.12. The molecular weight excluding hydrogens is 200 g/mol. The lowest BCUT2D eigenvalue weighted by atomic mass is 9.50. The van der Waals surface area contributed by atoms with E-state index in [-0.39, 0.29) is 35.2 Å². The van der Waals surface area contributed by atoms with Crippen LogP contribution in [-0.4, -0.2) is 24.4 Å². The van der Waals surface area contributed by atoms with Gasteiger partial charge in [0.05, 0.1) is 24.4 Å². The van der Waals surface area contributed by atoms with Crippen LogP contribution in [0.1, 0.15) is 55.4 Å². The van der Waals surface area contributed by atoms with E-state index < -0.39 is 0 Å². The maximum Gasteiger partial charge on any atom is 0.0730 e. The van der Waals surface area contributed by atoms with Crippen LogP contribution in [-0.2, 0) is 9.47 Å². The molecule has 0 amide bonds. The van der Waals surface area contributed by atoms with E-state index in [4.69, 9.17) is 9.47 Å². The smallest absolute Gasteiger partial charge is 0.0730 e. The molecule has 1 saturated carbocycles. The van der Waals surface area contributed by atoms with Crippen molar-refractivity contribution in [2.45, 2.75) is 79.8 Å². The van der Waals surface area contributed by atoms with Gasteiger partial charge >= 0.3 is 0 Å². The first kappa shape index (κ1) is 14.0. The van der Waals surface area contributed by atoms with E-state index >= 15 is 0 Å². The standard InChI is InChI=1S/C14H28O2/c1-9(2)15-11-13(5,6)12(14(11,7)8)16-10(3)4/h9-12H,1-8H3. The maximum atomic E-state index is 6.05. The zero-order valence-electron chi connectivity index (χ0n) is 12.1. The van der Waals surface area contributed by atoms with Crippen LogP contribution in [0.25, 0.3) is 0 Å². The molecule has 2 nitrogen and oxygen atoms in total. The van der Waals surface area contributed by atoms with Crippen LogP contribution >= 0.6 is 0 Å². The largest absolute Gasteiger partial charge is 0.374 e. The van der Waals surface area contributed by atoms with Gasteiger partial charge in [0.15, 0.2) is 0 Å². The SMILES string of the molecule is CC(C)OC1C(C)(C)C(OC(C)C)C1(C)C. The van der Waals surface area contributed by atoms with Crippen LogP contribution in [0.3, 0.4) is 0 Å². The summed E-state index contributed by atoms with van der Waals surface area (Å²) in [7, 11) is 0. The monoisotopic (exact) mass is 228 g/mol. The molecule has 0 atom stereocenters. The van der Waals surface area contributed by atoms with E-state index in [1.54, 1.807) is 0 Å². The lowest BCUT2D eigenvalue weighted by Crippen LogP contribution is -2.69. The Morgan fingerprint density at radius 2 is 0.938 bits per heavy atom. The van der Waals surface area contributed by atoms with Gasteiger partial charge in [-0.25, -0.2) is 0 Å². The molecule has 0 bridgehead atoms. The van der Waals surface area contributed by atoms with Crippen LogP contribution in [0, 0.1) is 10.8 Å². The fourth-order valence-corrected chi connectivity index (χ4v) is 3.34. The van der Waals surface area contributed by atoms with Crippen molar-refractivity contribution in [2.75, 3.05) is 0 Å².